The molecule has 1 aromatic rings. The molecule has 2 nitrogen and oxygen atoms in total. The lowest BCUT2D eigenvalue weighted by atomic mass is 9.89. The van der Waals surface area contributed by atoms with Crippen LogP contribution in [0.2, 0.25) is 0 Å². The molecule has 0 aliphatic rings. The van der Waals surface area contributed by atoms with Gasteiger partial charge in [-0.25, -0.2) is 4.39 Å². The third-order valence-corrected chi connectivity index (χ3v) is 2.72. The predicted molar refractivity (Wildman–Crippen MR) is 57.3 cm³/mol. The minimum atomic E-state index is -4.64. The first-order valence-corrected chi connectivity index (χ1v) is 5.45. The molecule has 0 spiro atoms. The molecule has 18 heavy (non-hydrogen) atoms. The highest BCUT2D eigenvalue weighted by molar-refractivity contribution is 5.30. The van der Waals surface area contributed by atoms with Crippen LogP contribution in [-0.2, 0) is 11.8 Å². The third-order valence-electron chi connectivity index (χ3n) is 2.72. The Labute approximate surface area is 102 Å². The zero-order valence-electron chi connectivity index (χ0n) is 9.76. The summed E-state index contributed by atoms with van der Waals surface area (Å²) in [6.45, 7) is 0.964. The third kappa shape index (κ3) is 3.00. The van der Waals surface area contributed by atoms with Crippen molar-refractivity contribution in [3.63, 3.8) is 0 Å². The molecule has 1 aromatic carbocycles. The summed E-state index contributed by atoms with van der Waals surface area (Å²) in [7, 11) is 0. The number of hydrogen-bond donors (Lipinski definition) is 2. The normalized spacial score (nSPS) is 15.5. The van der Waals surface area contributed by atoms with Crippen molar-refractivity contribution in [3.05, 3.63) is 35.1 Å². The first-order valence-electron chi connectivity index (χ1n) is 5.45. The van der Waals surface area contributed by atoms with Crippen molar-refractivity contribution in [1.82, 2.24) is 0 Å². The number of rotatable bonds is 4. The van der Waals surface area contributed by atoms with Gasteiger partial charge in [0.1, 0.15) is 11.4 Å². The van der Waals surface area contributed by atoms with E-state index >= 15 is 0 Å². The Balaban J connectivity index is 3.20. The van der Waals surface area contributed by atoms with Gasteiger partial charge >= 0.3 is 6.18 Å². The summed E-state index contributed by atoms with van der Waals surface area (Å²) >= 11 is 0. The summed E-state index contributed by atoms with van der Waals surface area (Å²) in [5.41, 5.74) is -3.29. The zero-order valence-corrected chi connectivity index (χ0v) is 9.76. The number of alkyl halides is 3. The van der Waals surface area contributed by atoms with Gasteiger partial charge in [0.15, 0.2) is 0 Å². The van der Waals surface area contributed by atoms with Crippen molar-refractivity contribution < 1.29 is 27.8 Å². The van der Waals surface area contributed by atoms with E-state index in [0.717, 1.165) is 6.07 Å². The van der Waals surface area contributed by atoms with Crippen LogP contribution >= 0.6 is 0 Å². The Hall–Kier alpha value is -1.14. The van der Waals surface area contributed by atoms with E-state index in [1.54, 1.807) is 6.92 Å². The highest BCUT2D eigenvalue weighted by atomic mass is 19.4. The quantitative estimate of drug-likeness (QED) is 0.823. The maximum Gasteiger partial charge on any atom is 0.416 e. The number of hydrogen-bond acceptors (Lipinski definition) is 2. The minimum Gasteiger partial charge on any atom is -0.393 e. The lowest BCUT2D eigenvalue weighted by molar-refractivity contribution is -0.137. The van der Waals surface area contributed by atoms with Crippen molar-refractivity contribution >= 4 is 0 Å². The first kappa shape index (κ1) is 14.9. The highest BCUT2D eigenvalue weighted by Gasteiger charge is 2.35. The fourth-order valence-electron chi connectivity index (χ4n) is 1.78. The van der Waals surface area contributed by atoms with Crippen LogP contribution < -0.4 is 0 Å². The summed E-state index contributed by atoms with van der Waals surface area (Å²) in [6, 6.07) is 1.88. The van der Waals surface area contributed by atoms with Crippen molar-refractivity contribution in [2.24, 2.45) is 0 Å². The number of aliphatic hydroxyl groups excluding tert-OH is 1. The monoisotopic (exact) mass is 266 g/mol. The van der Waals surface area contributed by atoms with Gasteiger partial charge in [0.25, 0.3) is 0 Å². The van der Waals surface area contributed by atoms with Crippen LogP contribution in [-0.4, -0.2) is 16.8 Å². The molecular formula is C12H14F4O2. The highest BCUT2D eigenvalue weighted by Crippen LogP contribution is 2.34. The molecule has 1 atom stereocenters. The first-order chi connectivity index (χ1) is 8.24. The molecule has 0 aliphatic heterocycles. The molecule has 1 rings (SSSR count). The van der Waals surface area contributed by atoms with Crippen molar-refractivity contribution in [1.29, 1.82) is 0 Å². The smallest absolute Gasteiger partial charge is 0.393 e. The molecule has 102 valence electrons. The average molecular weight is 266 g/mol. The summed E-state index contributed by atoms with van der Waals surface area (Å²) in [5, 5.41) is 19.1. The van der Waals surface area contributed by atoms with E-state index in [4.69, 9.17) is 5.11 Å². The molecule has 0 fully saturated rings. The predicted octanol–water partition coefficient (Wildman–Crippen LogP) is 2.82. The van der Waals surface area contributed by atoms with Gasteiger partial charge in [0.2, 0.25) is 0 Å². The fraction of sp³-hybridized carbons (Fsp3) is 0.500. The van der Waals surface area contributed by atoms with Crippen molar-refractivity contribution in [2.45, 2.75) is 31.5 Å². The Kier molecular flexibility index (Phi) is 4.34. The van der Waals surface area contributed by atoms with E-state index in [0.29, 0.717) is 18.6 Å². The summed E-state index contributed by atoms with van der Waals surface area (Å²) in [4.78, 5) is 0. The van der Waals surface area contributed by atoms with Gasteiger partial charge in [-0.1, -0.05) is 19.4 Å². The largest absolute Gasteiger partial charge is 0.416 e. The molecule has 0 saturated carbocycles. The molecule has 2 N–H and O–H groups in total. The maximum atomic E-state index is 13.6. The van der Waals surface area contributed by atoms with E-state index in [2.05, 4.69) is 0 Å². The van der Waals surface area contributed by atoms with Gasteiger partial charge in [-0.2, -0.15) is 13.2 Å². The van der Waals surface area contributed by atoms with Gasteiger partial charge in [-0.15, -0.1) is 0 Å². The van der Waals surface area contributed by atoms with Gasteiger partial charge in [-0.05, 0) is 18.6 Å². The van der Waals surface area contributed by atoms with Gasteiger partial charge in [-0.3, -0.25) is 0 Å². The Morgan fingerprint density at radius 3 is 2.22 bits per heavy atom. The molecular weight excluding hydrogens is 252 g/mol. The number of aliphatic hydroxyl groups is 2. The zero-order chi connectivity index (χ0) is 14.0. The lowest BCUT2D eigenvalue weighted by Crippen LogP contribution is -2.31. The summed E-state index contributed by atoms with van der Waals surface area (Å²) in [5.74, 6) is -1.17. The van der Waals surface area contributed by atoms with Crippen molar-refractivity contribution in [3.8, 4) is 0 Å². The van der Waals surface area contributed by atoms with Crippen LogP contribution in [0.4, 0.5) is 17.6 Å². The maximum absolute atomic E-state index is 13.6. The SMILES string of the molecule is CCCC(O)(CO)c1ccc(C(F)(F)F)cc1F. The summed E-state index contributed by atoms with van der Waals surface area (Å²) < 4.78 is 50.7. The van der Waals surface area contributed by atoms with Crippen LogP contribution in [0.1, 0.15) is 30.9 Å². The Bertz CT molecular complexity index is 417. The van der Waals surface area contributed by atoms with E-state index in [1.165, 1.54) is 0 Å². The topological polar surface area (TPSA) is 40.5 Å². The van der Waals surface area contributed by atoms with Gasteiger partial charge < -0.3 is 10.2 Å². The molecule has 6 heteroatoms. The second-order valence-electron chi connectivity index (χ2n) is 4.13. The minimum absolute atomic E-state index is 0.0613. The molecule has 0 bridgehead atoms. The number of halogens is 4. The number of benzene rings is 1. The van der Waals surface area contributed by atoms with Crippen LogP contribution in [0, 0.1) is 5.82 Å². The Morgan fingerprint density at radius 1 is 1.22 bits per heavy atom. The summed E-state index contributed by atoms with van der Waals surface area (Å²) in [6.07, 6.45) is -4.12. The van der Waals surface area contributed by atoms with Crippen LogP contribution in [0.15, 0.2) is 18.2 Å². The van der Waals surface area contributed by atoms with Gasteiger partial charge in [0, 0.05) is 5.56 Å². The molecule has 0 heterocycles. The lowest BCUT2D eigenvalue weighted by Gasteiger charge is -2.26. The molecule has 0 radical (unpaired) electrons. The van der Waals surface area contributed by atoms with E-state index in [-0.39, 0.29) is 12.0 Å². The standard InChI is InChI=1S/C12H14F4O2/c1-2-5-11(18,7-17)9-4-3-8(6-10(9)13)12(14,15)16/h3-4,6,17-18H,2,5,7H2,1H3. The second-order valence-corrected chi connectivity index (χ2v) is 4.13. The Morgan fingerprint density at radius 2 is 1.83 bits per heavy atom. The molecule has 1 unspecified atom stereocenters. The average Bonchev–Trinajstić information content (AvgIpc) is 2.27. The van der Waals surface area contributed by atoms with E-state index in [9.17, 15) is 22.7 Å². The van der Waals surface area contributed by atoms with Crippen LogP contribution in [0.25, 0.3) is 0 Å². The van der Waals surface area contributed by atoms with Gasteiger partial charge in [0.05, 0.1) is 12.2 Å². The van der Waals surface area contributed by atoms with Crippen LogP contribution in [0.5, 0.6) is 0 Å². The van der Waals surface area contributed by atoms with Crippen molar-refractivity contribution in [2.75, 3.05) is 6.61 Å². The molecule has 0 aromatic heterocycles. The van der Waals surface area contributed by atoms with Crippen LogP contribution in [0.3, 0.4) is 0 Å². The molecule has 0 saturated heterocycles. The van der Waals surface area contributed by atoms with E-state index < -0.39 is 29.8 Å². The fourth-order valence-corrected chi connectivity index (χ4v) is 1.78. The molecule has 0 aliphatic carbocycles. The molecule has 0 amide bonds. The van der Waals surface area contributed by atoms with E-state index in [1.807, 2.05) is 0 Å². The second kappa shape index (κ2) is 5.24.